The van der Waals surface area contributed by atoms with Gasteiger partial charge in [0, 0.05) is 4.47 Å². The number of aromatic carboxylic acids is 1. The Morgan fingerprint density at radius 2 is 1.80 bits per heavy atom. The van der Waals surface area contributed by atoms with Gasteiger partial charge in [0.15, 0.2) is 0 Å². The maximum Gasteiger partial charge on any atom is 0.337 e. The van der Waals surface area contributed by atoms with Crippen molar-refractivity contribution in [2.75, 3.05) is 5.32 Å². The molecule has 0 aliphatic rings. The second kappa shape index (κ2) is 5.83. The van der Waals surface area contributed by atoms with Gasteiger partial charge in [-0.1, -0.05) is 28.1 Å². The zero-order valence-electron chi connectivity index (χ0n) is 10.1. The highest BCUT2D eigenvalue weighted by Crippen LogP contribution is 2.19. The summed E-state index contributed by atoms with van der Waals surface area (Å²) in [4.78, 5) is 23.0. The van der Waals surface area contributed by atoms with E-state index in [0.29, 0.717) is 4.47 Å². The van der Waals surface area contributed by atoms with Gasteiger partial charge in [-0.05, 0) is 30.3 Å². The van der Waals surface area contributed by atoms with Gasteiger partial charge in [0.2, 0.25) is 0 Å². The van der Waals surface area contributed by atoms with Crippen molar-refractivity contribution >= 4 is 33.5 Å². The van der Waals surface area contributed by atoms with Crippen molar-refractivity contribution in [2.24, 2.45) is 0 Å². The van der Waals surface area contributed by atoms with E-state index < -0.39 is 17.7 Å². The fourth-order valence-corrected chi connectivity index (χ4v) is 2.00. The predicted octanol–water partition coefficient (Wildman–Crippen LogP) is 3.54. The van der Waals surface area contributed by atoms with Crippen LogP contribution in [-0.2, 0) is 0 Å². The highest BCUT2D eigenvalue weighted by Gasteiger charge is 2.16. The van der Waals surface area contributed by atoms with Crippen molar-refractivity contribution < 1.29 is 19.1 Å². The number of hydrogen-bond acceptors (Lipinski definition) is 2. The molecule has 4 nitrogen and oxygen atoms in total. The van der Waals surface area contributed by atoms with Gasteiger partial charge in [0.05, 0.1) is 16.8 Å². The maximum atomic E-state index is 13.6. The fraction of sp³-hybridized carbons (Fsp3) is 0. The molecule has 0 fully saturated rings. The number of carboxylic acids is 1. The summed E-state index contributed by atoms with van der Waals surface area (Å²) in [5.74, 6) is -2.56. The number of rotatable bonds is 3. The molecule has 0 saturated heterocycles. The van der Waals surface area contributed by atoms with Crippen LogP contribution in [0.2, 0.25) is 0 Å². The number of anilines is 1. The van der Waals surface area contributed by atoms with E-state index in [0.717, 1.165) is 6.07 Å². The highest BCUT2D eigenvalue weighted by molar-refractivity contribution is 9.10. The van der Waals surface area contributed by atoms with E-state index >= 15 is 0 Å². The van der Waals surface area contributed by atoms with Crippen molar-refractivity contribution in [3.05, 3.63) is 63.9 Å². The van der Waals surface area contributed by atoms with E-state index in [4.69, 9.17) is 5.11 Å². The summed E-state index contributed by atoms with van der Waals surface area (Å²) < 4.78 is 14.1. The molecule has 0 saturated carbocycles. The van der Waals surface area contributed by atoms with Crippen LogP contribution >= 0.6 is 15.9 Å². The van der Waals surface area contributed by atoms with E-state index in [2.05, 4.69) is 21.2 Å². The molecule has 2 aromatic rings. The fourth-order valence-electron chi connectivity index (χ4n) is 1.64. The first kappa shape index (κ1) is 14.2. The Kier molecular flexibility index (Phi) is 4.14. The van der Waals surface area contributed by atoms with Crippen molar-refractivity contribution in [3.63, 3.8) is 0 Å². The van der Waals surface area contributed by atoms with Crippen molar-refractivity contribution in [2.45, 2.75) is 0 Å². The highest BCUT2D eigenvalue weighted by atomic mass is 79.9. The average molecular weight is 338 g/mol. The average Bonchev–Trinajstić information content (AvgIpc) is 2.41. The van der Waals surface area contributed by atoms with Crippen LogP contribution in [0.15, 0.2) is 46.9 Å². The molecule has 0 aliphatic heterocycles. The van der Waals surface area contributed by atoms with Crippen molar-refractivity contribution in [3.8, 4) is 0 Å². The molecule has 1 amide bonds. The molecule has 0 aromatic heterocycles. The minimum absolute atomic E-state index is 0.0590. The minimum atomic E-state index is -1.17. The molecule has 6 heteroatoms. The lowest BCUT2D eigenvalue weighted by Gasteiger charge is -2.09. The van der Waals surface area contributed by atoms with Crippen molar-refractivity contribution in [1.29, 1.82) is 0 Å². The van der Waals surface area contributed by atoms with Crippen LogP contribution in [0, 0.1) is 5.82 Å². The number of halogens is 2. The third-order valence-corrected chi connectivity index (χ3v) is 3.07. The van der Waals surface area contributed by atoms with Gasteiger partial charge in [-0.2, -0.15) is 0 Å². The first-order valence-corrected chi connectivity index (χ1v) is 6.37. The van der Waals surface area contributed by atoms with Crippen LogP contribution in [0.3, 0.4) is 0 Å². The van der Waals surface area contributed by atoms with E-state index in [1.807, 2.05) is 0 Å². The Morgan fingerprint density at radius 3 is 2.50 bits per heavy atom. The van der Waals surface area contributed by atoms with Crippen LogP contribution in [-0.4, -0.2) is 17.0 Å². The largest absolute Gasteiger partial charge is 0.478 e. The Bertz CT molecular complexity index is 688. The summed E-state index contributed by atoms with van der Waals surface area (Å²) in [6.07, 6.45) is 0. The molecule has 0 unspecified atom stereocenters. The third-order valence-electron chi connectivity index (χ3n) is 2.58. The SMILES string of the molecule is O=C(Nc1ccccc1C(=O)O)c1cc(Br)ccc1F. The molecular formula is C14H9BrFNO3. The van der Waals surface area contributed by atoms with Crippen molar-refractivity contribution in [1.82, 2.24) is 0 Å². The second-order valence-corrected chi connectivity index (χ2v) is 4.84. The van der Waals surface area contributed by atoms with Crippen LogP contribution in [0.1, 0.15) is 20.7 Å². The van der Waals surface area contributed by atoms with Crippen LogP contribution in [0.4, 0.5) is 10.1 Å². The molecule has 0 spiro atoms. The summed E-state index contributed by atoms with van der Waals surface area (Å²) in [5, 5.41) is 11.4. The summed E-state index contributed by atoms with van der Waals surface area (Å²) in [7, 11) is 0. The number of carbonyl (C=O) groups is 2. The zero-order valence-corrected chi connectivity index (χ0v) is 11.6. The summed E-state index contributed by atoms with van der Waals surface area (Å²) >= 11 is 3.15. The molecule has 0 radical (unpaired) electrons. The Balaban J connectivity index is 2.33. The van der Waals surface area contributed by atoms with Gasteiger partial charge in [-0.3, -0.25) is 4.79 Å². The number of carbonyl (C=O) groups excluding carboxylic acids is 1. The molecule has 2 aromatic carbocycles. The van der Waals surface area contributed by atoms with Crippen LogP contribution in [0.25, 0.3) is 0 Å². The van der Waals surface area contributed by atoms with E-state index in [1.54, 1.807) is 12.1 Å². The number of para-hydroxylation sites is 1. The van der Waals surface area contributed by atoms with Gasteiger partial charge >= 0.3 is 5.97 Å². The normalized spacial score (nSPS) is 10.1. The number of amides is 1. The van der Waals surface area contributed by atoms with Gasteiger partial charge in [-0.15, -0.1) is 0 Å². The van der Waals surface area contributed by atoms with Gasteiger partial charge in [0.25, 0.3) is 5.91 Å². The molecule has 2 rings (SSSR count). The smallest absolute Gasteiger partial charge is 0.337 e. The second-order valence-electron chi connectivity index (χ2n) is 3.93. The summed E-state index contributed by atoms with van der Waals surface area (Å²) in [6, 6.07) is 9.87. The first-order valence-electron chi connectivity index (χ1n) is 5.58. The zero-order chi connectivity index (χ0) is 14.7. The molecule has 0 bridgehead atoms. The molecule has 2 N–H and O–H groups in total. The Morgan fingerprint density at radius 1 is 1.10 bits per heavy atom. The molecule has 102 valence electrons. The Hall–Kier alpha value is -2.21. The predicted molar refractivity (Wildman–Crippen MR) is 75.5 cm³/mol. The molecule has 20 heavy (non-hydrogen) atoms. The van der Waals surface area contributed by atoms with E-state index in [9.17, 15) is 14.0 Å². The van der Waals surface area contributed by atoms with Gasteiger partial charge < -0.3 is 10.4 Å². The molecule has 0 heterocycles. The summed E-state index contributed by atoms with van der Waals surface area (Å²) in [5.41, 5.74) is -0.111. The summed E-state index contributed by atoms with van der Waals surface area (Å²) in [6.45, 7) is 0. The standard InChI is InChI=1S/C14H9BrFNO3/c15-8-5-6-11(16)10(7-8)13(18)17-12-4-2-1-3-9(12)14(19)20/h1-7H,(H,17,18)(H,19,20). The van der Waals surface area contributed by atoms with Gasteiger partial charge in [-0.25, -0.2) is 9.18 Å². The van der Waals surface area contributed by atoms with Crippen LogP contribution < -0.4 is 5.32 Å². The number of hydrogen-bond donors (Lipinski definition) is 2. The molecule has 0 aliphatic carbocycles. The topological polar surface area (TPSA) is 66.4 Å². The molecule has 0 atom stereocenters. The number of benzene rings is 2. The Labute approximate surface area is 122 Å². The van der Waals surface area contributed by atoms with E-state index in [1.165, 1.54) is 24.3 Å². The lowest BCUT2D eigenvalue weighted by Crippen LogP contribution is -2.16. The number of carboxylic acid groups (broad SMARTS) is 1. The lowest BCUT2D eigenvalue weighted by atomic mass is 10.1. The monoisotopic (exact) mass is 337 g/mol. The van der Waals surface area contributed by atoms with E-state index in [-0.39, 0.29) is 16.8 Å². The lowest BCUT2D eigenvalue weighted by molar-refractivity contribution is 0.0698. The molecular weight excluding hydrogens is 329 g/mol. The number of nitrogens with one attached hydrogen (secondary N) is 1. The van der Waals surface area contributed by atoms with Gasteiger partial charge in [0.1, 0.15) is 5.82 Å². The minimum Gasteiger partial charge on any atom is -0.478 e. The quantitative estimate of drug-likeness (QED) is 0.900. The van der Waals surface area contributed by atoms with Crippen LogP contribution in [0.5, 0.6) is 0 Å². The first-order chi connectivity index (χ1) is 9.49. The third kappa shape index (κ3) is 3.03. The maximum absolute atomic E-state index is 13.6.